The van der Waals surface area contributed by atoms with Crippen molar-refractivity contribution in [2.24, 2.45) is 0 Å². The zero-order valence-corrected chi connectivity index (χ0v) is 8.13. The fourth-order valence-electron chi connectivity index (χ4n) is 1.24. The minimum Gasteiger partial charge on any atom is -0.495 e. The van der Waals surface area contributed by atoms with Crippen molar-refractivity contribution in [2.75, 3.05) is 19.5 Å². The quantitative estimate of drug-likeness (QED) is 0.713. The van der Waals surface area contributed by atoms with Crippen molar-refractivity contribution < 1.29 is 4.74 Å². The monoisotopic (exact) mass is 177 g/mol. The molecule has 0 saturated heterocycles. The second kappa shape index (κ2) is 4.55. The number of ether oxygens (including phenoxy) is 1. The van der Waals surface area contributed by atoms with Crippen molar-refractivity contribution in [3.63, 3.8) is 0 Å². The summed E-state index contributed by atoms with van der Waals surface area (Å²) >= 11 is 0. The molecule has 0 aromatic heterocycles. The van der Waals surface area contributed by atoms with Gasteiger partial charge in [0.1, 0.15) is 5.75 Å². The van der Waals surface area contributed by atoms with E-state index in [0.717, 1.165) is 17.9 Å². The lowest BCUT2D eigenvalue weighted by Crippen LogP contribution is -1.94. The SMILES string of the molecule is C=CCc1ccc(NC)c(OC)c1. The van der Waals surface area contributed by atoms with Gasteiger partial charge in [-0.25, -0.2) is 0 Å². The Hall–Kier alpha value is -1.44. The van der Waals surface area contributed by atoms with Gasteiger partial charge in [0.05, 0.1) is 12.8 Å². The highest BCUT2D eigenvalue weighted by Gasteiger charge is 2.00. The van der Waals surface area contributed by atoms with Gasteiger partial charge in [-0.05, 0) is 24.1 Å². The lowest BCUT2D eigenvalue weighted by molar-refractivity contribution is 0.416. The predicted octanol–water partition coefficient (Wildman–Crippen LogP) is 2.47. The third kappa shape index (κ3) is 2.25. The van der Waals surface area contributed by atoms with Gasteiger partial charge in [0.15, 0.2) is 0 Å². The van der Waals surface area contributed by atoms with Gasteiger partial charge in [0.25, 0.3) is 0 Å². The van der Waals surface area contributed by atoms with Gasteiger partial charge in [-0.1, -0.05) is 12.1 Å². The fourth-order valence-corrected chi connectivity index (χ4v) is 1.24. The van der Waals surface area contributed by atoms with Gasteiger partial charge < -0.3 is 10.1 Å². The molecular weight excluding hydrogens is 162 g/mol. The number of hydrogen-bond donors (Lipinski definition) is 1. The van der Waals surface area contributed by atoms with Gasteiger partial charge in [-0.15, -0.1) is 6.58 Å². The number of allylic oxidation sites excluding steroid dienone is 1. The van der Waals surface area contributed by atoms with E-state index in [-0.39, 0.29) is 0 Å². The van der Waals surface area contributed by atoms with E-state index in [1.807, 2.05) is 25.3 Å². The highest BCUT2D eigenvalue weighted by Crippen LogP contribution is 2.25. The molecule has 0 fully saturated rings. The molecule has 1 N–H and O–H groups in total. The van der Waals surface area contributed by atoms with Crippen LogP contribution in [0.4, 0.5) is 5.69 Å². The molecule has 0 heterocycles. The Kier molecular flexibility index (Phi) is 3.38. The first-order chi connectivity index (χ1) is 6.31. The van der Waals surface area contributed by atoms with Crippen LogP contribution in [0.25, 0.3) is 0 Å². The molecule has 0 spiro atoms. The van der Waals surface area contributed by atoms with Crippen LogP contribution in [0.3, 0.4) is 0 Å². The minimum atomic E-state index is 0.875. The van der Waals surface area contributed by atoms with E-state index in [0.29, 0.717) is 0 Å². The molecule has 0 aliphatic heterocycles. The molecule has 2 nitrogen and oxygen atoms in total. The summed E-state index contributed by atoms with van der Waals surface area (Å²) in [6, 6.07) is 6.10. The predicted molar refractivity (Wildman–Crippen MR) is 56.4 cm³/mol. The minimum absolute atomic E-state index is 0.875. The molecule has 1 aromatic rings. The third-order valence-electron chi connectivity index (χ3n) is 1.92. The molecule has 0 atom stereocenters. The molecule has 0 amide bonds. The fraction of sp³-hybridized carbons (Fsp3) is 0.273. The Morgan fingerprint density at radius 2 is 2.31 bits per heavy atom. The molecule has 1 rings (SSSR count). The molecule has 2 heteroatoms. The van der Waals surface area contributed by atoms with Crippen LogP contribution in [0.1, 0.15) is 5.56 Å². The van der Waals surface area contributed by atoms with Crippen molar-refractivity contribution in [1.82, 2.24) is 0 Å². The Morgan fingerprint density at radius 3 is 2.85 bits per heavy atom. The van der Waals surface area contributed by atoms with Crippen molar-refractivity contribution in [3.05, 3.63) is 36.4 Å². The first kappa shape index (κ1) is 9.65. The van der Waals surface area contributed by atoms with Crippen molar-refractivity contribution in [2.45, 2.75) is 6.42 Å². The zero-order valence-electron chi connectivity index (χ0n) is 8.13. The maximum absolute atomic E-state index is 5.23. The zero-order chi connectivity index (χ0) is 9.68. The average molecular weight is 177 g/mol. The van der Waals surface area contributed by atoms with Crippen LogP contribution in [0.2, 0.25) is 0 Å². The number of rotatable bonds is 4. The van der Waals surface area contributed by atoms with E-state index in [4.69, 9.17) is 4.74 Å². The lowest BCUT2D eigenvalue weighted by atomic mass is 10.1. The summed E-state index contributed by atoms with van der Waals surface area (Å²) in [7, 11) is 3.55. The van der Waals surface area contributed by atoms with Crippen LogP contribution in [0.15, 0.2) is 30.9 Å². The van der Waals surface area contributed by atoms with E-state index in [2.05, 4.69) is 18.0 Å². The largest absolute Gasteiger partial charge is 0.495 e. The first-order valence-corrected chi connectivity index (χ1v) is 4.27. The summed E-state index contributed by atoms with van der Waals surface area (Å²) in [5.74, 6) is 0.877. The maximum atomic E-state index is 5.23. The van der Waals surface area contributed by atoms with Crippen LogP contribution in [-0.4, -0.2) is 14.2 Å². The van der Waals surface area contributed by atoms with Crippen LogP contribution in [0.5, 0.6) is 5.75 Å². The molecular formula is C11H15NO. The molecule has 0 bridgehead atoms. The van der Waals surface area contributed by atoms with E-state index >= 15 is 0 Å². The average Bonchev–Trinajstić information content (AvgIpc) is 2.18. The Bertz CT molecular complexity index is 294. The molecule has 0 aliphatic carbocycles. The number of anilines is 1. The standard InChI is InChI=1S/C11H15NO/c1-4-5-9-6-7-10(12-2)11(8-9)13-3/h4,6-8,12H,1,5H2,2-3H3. The molecule has 0 radical (unpaired) electrons. The van der Waals surface area contributed by atoms with Crippen LogP contribution >= 0.6 is 0 Å². The Morgan fingerprint density at radius 1 is 1.54 bits per heavy atom. The summed E-state index contributed by atoms with van der Waals surface area (Å²) in [5.41, 5.74) is 2.22. The molecule has 70 valence electrons. The Balaban J connectivity index is 2.98. The number of benzene rings is 1. The van der Waals surface area contributed by atoms with E-state index in [1.165, 1.54) is 5.56 Å². The second-order valence-electron chi connectivity index (χ2n) is 2.78. The van der Waals surface area contributed by atoms with Gasteiger partial charge >= 0.3 is 0 Å². The van der Waals surface area contributed by atoms with Gasteiger partial charge in [-0.3, -0.25) is 0 Å². The third-order valence-corrected chi connectivity index (χ3v) is 1.92. The maximum Gasteiger partial charge on any atom is 0.142 e. The number of methoxy groups -OCH3 is 1. The Labute approximate surface area is 79.2 Å². The number of hydrogen-bond acceptors (Lipinski definition) is 2. The van der Waals surface area contributed by atoms with Crippen molar-refractivity contribution >= 4 is 5.69 Å². The summed E-state index contributed by atoms with van der Waals surface area (Å²) < 4.78 is 5.23. The summed E-state index contributed by atoms with van der Waals surface area (Å²) in [4.78, 5) is 0. The van der Waals surface area contributed by atoms with E-state index in [1.54, 1.807) is 7.11 Å². The summed E-state index contributed by atoms with van der Waals surface area (Å²) in [6.07, 6.45) is 2.76. The first-order valence-electron chi connectivity index (χ1n) is 4.27. The van der Waals surface area contributed by atoms with Crippen LogP contribution in [-0.2, 0) is 6.42 Å². The van der Waals surface area contributed by atoms with Crippen LogP contribution < -0.4 is 10.1 Å². The van der Waals surface area contributed by atoms with Gasteiger partial charge in [0.2, 0.25) is 0 Å². The summed E-state index contributed by atoms with van der Waals surface area (Å²) in [6.45, 7) is 3.70. The van der Waals surface area contributed by atoms with Gasteiger partial charge in [-0.2, -0.15) is 0 Å². The summed E-state index contributed by atoms with van der Waals surface area (Å²) in [5, 5.41) is 3.06. The molecule has 0 aliphatic rings. The number of nitrogens with one attached hydrogen (secondary N) is 1. The second-order valence-corrected chi connectivity index (χ2v) is 2.78. The molecule has 0 saturated carbocycles. The highest BCUT2D eigenvalue weighted by atomic mass is 16.5. The molecule has 1 aromatic carbocycles. The topological polar surface area (TPSA) is 21.3 Å². The molecule has 13 heavy (non-hydrogen) atoms. The smallest absolute Gasteiger partial charge is 0.142 e. The lowest BCUT2D eigenvalue weighted by Gasteiger charge is -2.08. The van der Waals surface area contributed by atoms with Crippen molar-refractivity contribution in [3.8, 4) is 5.75 Å². The van der Waals surface area contributed by atoms with E-state index in [9.17, 15) is 0 Å². The highest BCUT2D eigenvalue weighted by molar-refractivity contribution is 5.57. The van der Waals surface area contributed by atoms with Crippen molar-refractivity contribution in [1.29, 1.82) is 0 Å². The van der Waals surface area contributed by atoms with Crippen LogP contribution in [0, 0.1) is 0 Å². The van der Waals surface area contributed by atoms with E-state index < -0.39 is 0 Å². The normalized spacial score (nSPS) is 9.38. The van der Waals surface area contributed by atoms with Gasteiger partial charge in [0, 0.05) is 7.05 Å². The molecule has 0 unspecified atom stereocenters.